The second-order valence-electron chi connectivity index (χ2n) is 5.02. The molecular formula is C17H16FNO3. The van der Waals surface area contributed by atoms with Crippen LogP contribution in [0, 0.1) is 5.82 Å². The number of ether oxygens (including phenoxy) is 2. The van der Waals surface area contributed by atoms with E-state index in [0.717, 1.165) is 12.0 Å². The molecule has 0 saturated heterocycles. The first-order chi connectivity index (χ1) is 10.7. The van der Waals surface area contributed by atoms with Crippen molar-refractivity contribution in [1.82, 2.24) is 5.32 Å². The average Bonchev–Trinajstić information content (AvgIpc) is 2.78. The zero-order valence-electron chi connectivity index (χ0n) is 12.0. The Morgan fingerprint density at radius 1 is 1.05 bits per heavy atom. The summed E-state index contributed by atoms with van der Waals surface area (Å²) in [5.74, 6) is 0.748. The molecule has 1 heterocycles. The van der Waals surface area contributed by atoms with Crippen LogP contribution < -0.4 is 14.8 Å². The second-order valence-corrected chi connectivity index (χ2v) is 5.02. The Bertz CT molecular complexity index is 670. The third-order valence-corrected chi connectivity index (χ3v) is 3.38. The van der Waals surface area contributed by atoms with Crippen LogP contribution >= 0.6 is 0 Å². The average molecular weight is 301 g/mol. The molecule has 1 aliphatic rings. The van der Waals surface area contributed by atoms with Crippen molar-refractivity contribution in [3.63, 3.8) is 0 Å². The van der Waals surface area contributed by atoms with E-state index in [1.54, 1.807) is 30.3 Å². The van der Waals surface area contributed by atoms with Crippen LogP contribution in [0.2, 0.25) is 0 Å². The Kier molecular flexibility index (Phi) is 4.23. The standard InChI is InChI=1S/C17H16FNO3/c18-14-5-2-12(3-6-14)11-19-17(20)13-4-7-15-16(10-13)22-9-1-8-21-15/h2-7,10H,1,8-9,11H2,(H,19,20). The predicted molar refractivity (Wildman–Crippen MR) is 79.6 cm³/mol. The topological polar surface area (TPSA) is 47.6 Å². The van der Waals surface area contributed by atoms with Crippen LogP contribution in [-0.4, -0.2) is 19.1 Å². The molecule has 0 aromatic heterocycles. The first kappa shape index (κ1) is 14.4. The first-order valence-corrected chi connectivity index (χ1v) is 7.15. The summed E-state index contributed by atoms with van der Waals surface area (Å²) in [6, 6.07) is 11.2. The van der Waals surface area contributed by atoms with E-state index in [1.807, 2.05) is 0 Å². The Morgan fingerprint density at radius 2 is 1.77 bits per heavy atom. The highest BCUT2D eigenvalue weighted by Gasteiger charge is 2.13. The summed E-state index contributed by atoms with van der Waals surface area (Å²) in [6.07, 6.45) is 0.820. The van der Waals surface area contributed by atoms with Crippen LogP contribution in [0.3, 0.4) is 0 Å². The van der Waals surface area contributed by atoms with Crippen molar-refractivity contribution in [1.29, 1.82) is 0 Å². The lowest BCUT2D eigenvalue weighted by Crippen LogP contribution is -2.22. The summed E-state index contributed by atoms with van der Waals surface area (Å²) in [6.45, 7) is 1.53. The van der Waals surface area contributed by atoms with E-state index in [4.69, 9.17) is 9.47 Å². The normalized spacial score (nSPS) is 13.3. The molecule has 1 amide bonds. The van der Waals surface area contributed by atoms with Crippen molar-refractivity contribution in [2.24, 2.45) is 0 Å². The third kappa shape index (κ3) is 3.36. The van der Waals surface area contributed by atoms with E-state index in [9.17, 15) is 9.18 Å². The highest BCUT2D eigenvalue weighted by Crippen LogP contribution is 2.30. The number of hydrogen-bond acceptors (Lipinski definition) is 3. The van der Waals surface area contributed by atoms with Gasteiger partial charge < -0.3 is 14.8 Å². The van der Waals surface area contributed by atoms with Gasteiger partial charge in [-0.15, -0.1) is 0 Å². The highest BCUT2D eigenvalue weighted by molar-refractivity contribution is 5.94. The molecule has 3 rings (SSSR count). The third-order valence-electron chi connectivity index (χ3n) is 3.38. The maximum atomic E-state index is 12.8. The number of rotatable bonds is 3. The van der Waals surface area contributed by atoms with Gasteiger partial charge in [0.15, 0.2) is 11.5 Å². The van der Waals surface area contributed by atoms with Gasteiger partial charge in [0, 0.05) is 18.5 Å². The first-order valence-electron chi connectivity index (χ1n) is 7.15. The number of carbonyl (C=O) groups is 1. The van der Waals surface area contributed by atoms with Gasteiger partial charge in [0.2, 0.25) is 0 Å². The number of carbonyl (C=O) groups excluding carboxylic acids is 1. The molecule has 1 N–H and O–H groups in total. The smallest absolute Gasteiger partial charge is 0.251 e. The zero-order valence-corrected chi connectivity index (χ0v) is 12.0. The molecule has 0 radical (unpaired) electrons. The minimum Gasteiger partial charge on any atom is -0.490 e. The van der Waals surface area contributed by atoms with Gasteiger partial charge in [0.25, 0.3) is 5.91 Å². The van der Waals surface area contributed by atoms with E-state index in [-0.39, 0.29) is 11.7 Å². The number of hydrogen-bond donors (Lipinski definition) is 1. The lowest BCUT2D eigenvalue weighted by molar-refractivity contribution is 0.0950. The Hall–Kier alpha value is -2.56. The van der Waals surface area contributed by atoms with Crippen LogP contribution in [-0.2, 0) is 6.54 Å². The van der Waals surface area contributed by atoms with E-state index >= 15 is 0 Å². The highest BCUT2D eigenvalue weighted by atomic mass is 19.1. The van der Waals surface area contributed by atoms with Gasteiger partial charge in [0.05, 0.1) is 13.2 Å². The predicted octanol–water partition coefficient (Wildman–Crippen LogP) is 2.92. The minimum absolute atomic E-state index is 0.208. The zero-order chi connectivity index (χ0) is 15.4. The van der Waals surface area contributed by atoms with Crippen LogP contribution in [0.4, 0.5) is 4.39 Å². The van der Waals surface area contributed by atoms with Gasteiger partial charge >= 0.3 is 0 Å². The number of nitrogens with one attached hydrogen (secondary N) is 1. The van der Waals surface area contributed by atoms with Crippen molar-refractivity contribution < 1.29 is 18.7 Å². The number of benzene rings is 2. The number of fused-ring (bicyclic) bond motifs is 1. The SMILES string of the molecule is O=C(NCc1ccc(F)cc1)c1ccc2c(c1)OCCCO2. The van der Waals surface area contributed by atoms with Gasteiger partial charge in [-0.1, -0.05) is 12.1 Å². The molecule has 5 heteroatoms. The molecular weight excluding hydrogens is 285 g/mol. The summed E-state index contributed by atoms with van der Waals surface area (Å²) in [5.41, 5.74) is 1.34. The second kappa shape index (κ2) is 6.47. The van der Waals surface area contributed by atoms with Crippen LogP contribution in [0.25, 0.3) is 0 Å². The summed E-state index contributed by atoms with van der Waals surface area (Å²) in [4.78, 5) is 12.2. The lowest BCUT2D eigenvalue weighted by Gasteiger charge is -2.10. The molecule has 0 atom stereocenters. The number of halogens is 1. The maximum absolute atomic E-state index is 12.8. The van der Waals surface area contributed by atoms with Crippen molar-refractivity contribution >= 4 is 5.91 Å². The summed E-state index contributed by atoms with van der Waals surface area (Å²) in [7, 11) is 0. The van der Waals surface area contributed by atoms with Crippen molar-refractivity contribution in [2.45, 2.75) is 13.0 Å². The lowest BCUT2D eigenvalue weighted by atomic mass is 10.1. The van der Waals surface area contributed by atoms with Crippen molar-refractivity contribution in [3.8, 4) is 11.5 Å². The van der Waals surface area contributed by atoms with E-state index in [1.165, 1.54) is 12.1 Å². The van der Waals surface area contributed by atoms with Gasteiger partial charge in [0.1, 0.15) is 5.82 Å². The number of amides is 1. The van der Waals surface area contributed by atoms with Crippen LogP contribution in [0.1, 0.15) is 22.3 Å². The molecule has 0 bridgehead atoms. The van der Waals surface area contributed by atoms with E-state index in [2.05, 4.69) is 5.32 Å². The van der Waals surface area contributed by atoms with Crippen LogP contribution in [0.5, 0.6) is 11.5 Å². The molecule has 2 aromatic carbocycles. The molecule has 0 aliphatic carbocycles. The fourth-order valence-electron chi connectivity index (χ4n) is 2.19. The Labute approximate surface area is 127 Å². The quantitative estimate of drug-likeness (QED) is 0.948. The largest absolute Gasteiger partial charge is 0.490 e. The summed E-state index contributed by atoms with van der Waals surface area (Å²) in [5, 5.41) is 2.80. The molecule has 114 valence electrons. The summed E-state index contributed by atoms with van der Waals surface area (Å²) < 4.78 is 23.9. The van der Waals surface area contributed by atoms with E-state index < -0.39 is 0 Å². The Balaban J connectivity index is 1.67. The van der Waals surface area contributed by atoms with Gasteiger partial charge in [-0.2, -0.15) is 0 Å². The molecule has 0 spiro atoms. The minimum atomic E-state index is -0.294. The monoisotopic (exact) mass is 301 g/mol. The molecule has 22 heavy (non-hydrogen) atoms. The fraction of sp³-hybridized carbons (Fsp3) is 0.235. The fourth-order valence-corrected chi connectivity index (χ4v) is 2.19. The van der Waals surface area contributed by atoms with Crippen molar-refractivity contribution in [3.05, 3.63) is 59.4 Å². The van der Waals surface area contributed by atoms with Gasteiger partial charge in [-0.25, -0.2) is 4.39 Å². The molecule has 0 saturated carbocycles. The van der Waals surface area contributed by atoms with Gasteiger partial charge in [-0.3, -0.25) is 4.79 Å². The van der Waals surface area contributed by atoms with Gasteiger partial charge in [-0.05, 0) is 35.9 Å². The molecule has 0 unspecified atom stereocenters. The molecule has 4 nitrogen and oxygen atoms in total. The van der Waals surface area contributed by atoms with Crippen molar-refractivity contribution in [2.75, 3.05) is 13.2 Å². The Morgan fingerprint density at radius 3 is 2.55 bits per heavy atom. The van der Waals surface area contributed by atoms with E-state index in [0.29, 0.717) is 36.8 Å². The molecule has 2 aromatic rings. The summed E-state index contributed by atoms with van der Waals surface area (Å²) >= 11 is 0. The maximum Gasteiger partial charge on any atom is 0.251 e. The molecule has 0 fully saturated rings. The molecule has 1 aliphatic heterocycles. The van der Waals surface area contributed by atoms with Crippen LogP contribution in [0.15, 0.2) is 42.5 Å².